The molecule has 0 spiro atoms. The Kier molecular flexibility index (Phi) is 5.64. The lowest BCUT2D eigenvalue weighted by atomic mass is 10.1. The first-order valence-corrected chi connectivity index (χ1v) is 7.18. The van der Waals surface area contributed by atoms with Gasteiger partial charge in [0.2, 0.25) is 0 Å². The summed E-state index contributed by atoms with van der Waals surface area (Å²) in [5.74, 6) is 0.311. The van der Waals surface area contributed by atoms with Gasteiger partial charge in [-0.15, -0.1) is 24.0 Å². The molecule has 0 atom stereocenters. The van der Waals surface area contributed by atoms with E-state index in [0.717, 1.165) is 18.5 Å². The van der Waals surface area contributed by atoms with E-state index in [1.165, 1.54) is 23.8 Å². The number of guanidine groups is 1. The zero-order chi connectivity index (χ0) is 15.5. The first-order valence-electron chi connectivity index (χ1n) is 7.18. The zero-order valence-corrected chi connectivity index (χ0v) is 14.9. The normalized spacial score (nSPS) is 13.3. The van der Waals surface area contributed by atoms with E-state index in [4.69, 9.17) is 15.9 Å². The Labute approximate surface area is 151 Å². The van der Waals surface area contributed by atoms with Gasteiger partial charge in [-0.3, -0.25) is 4.79 Å². The predicted octanol–water partition coefficient (Wildman–Crippen LogP) is 2.41. The van der Waals surface area contributed by atoms with Gasteiger partial charge in [-0.1, -0.05) is 6.07 Å². The Balaban J connectivity index is 0.00000192. The van der Waals surface area contributed by atoms with Gasteiger partial charge >= 0.3 is 0 Å². The largest absolute Gasteiger partial charge is 0.467 e. The average molecular weight is 426 g/mol. The summed E-state index contributed by atoms with van der Waals surface area (Å²) in [4.78, 5) is 15.2. The number of anilines is 1. The van der Waals surface area contributed by atoms with Crippen molar-refractivity contribution in [1.29, 1.82) is 0 Å². The van der Waals surface area contributed by atoms with E-state index in [9.17, 15) is 4.79 Å². The van der Waals surface area contributed by atoms with E-state index in [1.807, 2.05) is 6.07 Å². The van der Waals surface area contributed by atoms with E-state index in [-0.39, 0.29) is 30.5 Å². The minimum absolute atomic E-state index is 0. The third-order valence-corrected chi connectivity index (χ3v) is 3.71. The fraction of sp³-hybridized carbons (Fsp3) is 0.250. The van der Waals surface area contributed by atoms with Crippen molar-refractivity contribution >= 4 is 41.5 Å². The number of nitrogens with one attached hydrogen (secondary N) is 1. The van der Waals surface area contributed by atoms with Crippen LogP contribution in [0.5, 0.6) is 0 Å². The Morgan fingerprint density at radius 3 is 2.74 bits per heavy atom. The molecule has 1 amide bonds. The number of furan rings is 1. The van der Waals surface area contributed by atoms with Gasteiger partial charge in [0.05, 0.1) is 5.56 Å². The standard InChI is InChI=1S/C16H18N4O2.HI/c17-15(21)12-7-14(22-9-12)8-19-16(18)20-13-5-4-10-2-1-3-11(10)6-13;/h4-7,9H,1-3,8H2,(H2,17,21)(H3,18,19,20);1H. The summed E-state index contributed by atoms with van der Waals surface area (Å²) in [5.41, 5.74) is 15.1. The predicted molar refractivity (Wildman–Crippen MR) is 100 cm³/mol. The molecule has 3 rings (SSSR count). The number of aliphatic imine (C=N–C) groups is 1. The molecule has 0 fully saturated rings. The van der Waals surface area contributed by atoms with Crippen molar-refractivity contribution in [2.75, 3.05) is 5.32 Å². The first kappa shape index (κ1) is 17.3. The van der Waals surface area contributed by atoms with Crippen LogP contribution in [0.2, 0.25) is 0 Å². The fourth-order valence-electron chi connectivity index (χ4n) is 2.59. The average Bonchev–Trinajstić information content (AvgIpc) is 3.13. The highest BCUT2D eigenvalue weighted by atomic mass is 127. The van der Waals surface area contributed by atoms with Crippen molar-refractivity contribution in [2.24, 2.45) is 16.5 Å². The molecule has 122 valence electrons. The minimum Gasteiger partial charge on any atom is -0.467 e. The van der Waals surface area contributed by atoms with Crippen molar-refractivity contribution in [2.45, 2.75) is 25.8 Å². The van der Waals surface area contributed by atoms with Gasteiger partial charge in [0.15, 0.2) is 5.96 Å². The van der Waals surface area contributed by atoms with Gasteiger partial charge in [-0.2, -0.15) is 0 Å². The molecule has 0 saturated heterocycles. The molecular formula is C16H19IN4O2. The molecule has 0 bridgehead atoms. The van der Waals surface area contributed by atoms with Gasteiger partial charge in [-0.25, -0.2) is 4.99 Å². The van der Waals surface area contributed by atoms with E-state index >= 15 is 0 Å². The summed E-state index contributed by atoms with van der Waals surface area (Å²) >= 11 is 0. The summed E-state index contributed by atoms with van der Waals surface area (Å²) in [6, 6.07) is 7.81. The van der Waals surface area contributed by atoms with Crippen LogP contribution in [0, 0.1) is 0 Å². The highest BCUT2D eigenvalue weighted by molar-refractivity contribution is 14.0. The maximum atomic E-state index is 11.0. The van der Waals surface area contributed by atoms with Crippen LogP contribution in [-0.4, -0.2) is 11.9 Å². The van der Waals surface area contributed by atoms with Gasteiger partial charge in [0.25, 0.3) is 5.91 Å². The molecule has 0 aliphatic heterocycles. The van der Waals surface area contributed by atoms with E-state index < -0.39 is 5.91 Å². The molecule has 0 radical (unpaired) electrons. The quantitative estimate of drug-likeness (QED) is 0.397. The minimum atomic E-state index is -0.525. The highest BCUT2D eigenvalue weighted by Gasteiger charge is 2.11. The van der Waals surface area contributed by atoms with Crippen LogP contribution in [-0.2, 0) is 19.4 Å². The molecule has 1 aromatic heterocycles. The maximum Gasteiger partial charge on any atom is 0.251 e. The van der Waals surface area contributed by atoms with Crippen LogP contribution >= 0.6 is 24.0 Å². The van der Waals surface area contributed by atoms with E-state index in [0.29, 0.717) is 17.3 Å². The smallest absolute Gasteiger partial charge is 0.251 e. The second-order valence-corrected chi connectivity index (χ2v) is 5.33. The van der Waals surface area contributed by atoms with Crippen LogP contribution < -0.4 is 16.8 Å². The lowest BCUT2D eigenvalue weighted by Crippen LogP contribution is -2.22. The Hall–Kier alpha value is -2.03. The van der Waals surface area contributed by atoms with Gasteiger partial charge in [0.1, 0.15) is 18.6 Å². The number of aryl methyl sites for hydroxylation is 2. The fourth-order valence-corrected chi connectivity index (χ4v) is 2.59. The molecule has 6 nitrogen and oxygen atoms in total. The van der Waals surface area contributed by atoms with Crippen molar-refractivity contribution in [1.82, 2.24) is 0 Å². The summed E-state index contributed by atoms with van der Waals surface area (Å²) < 4.78 is 5.20. The summed E-state index contributed by atoms with van der Waals surface area (Å²) in [5, 5.41) is 3.07. The third kappa shape index (κ3) is 4.25. The number of carbonyl (C=O) groups excluding carboxylic acids is 1. The second-order valence-electron chi connectivity index (χ2n) is 5.33. The number of hydrogen-bond acceptors (Lipinski definition) is 3. The number of primary amides is 1. The summed E-state index contributed by atoms with van der Waals surface area (Å²) in [6.45, 7) is 0.247. The molecule has 7 heteroatoms. The Bertz CT molecular complexity index is 739. The molecule has 1 aromatic carbocycles. The van der Waals surface area contributed by atoms with Gasteiger partial charge in [0, 0.05) is 5.69 Å². The highest BCUT2D eigenvalue weighted by Crippen LogP contribution is 2.24. The van der Waals surface area contributed by atoms with Crippen molar-refractivity contribution in [3.05, 3.63) is 53.0 Å². The van der Waals surface area contributed by atoms with Gasteiger partial charge < -0.3 is 21.2 Å². The second kappa shape index (κ2) is 7.49. The number of nitrogens with zero attached hydrogens (tertiary/aromatic N) is 1. The number of halogens is 1. The molecule has 0 unspecified atom stereocenters. The Morgan fingerprint density at radius 2 is 2.00 bits per heavy atom. The molecule has 5 N–H and O–H groups in total. The molecule has 1 aliphatic carbocycles. The molecule has 2 aromatic rings. The van der Waals surface area contributed by atoms with Crippen molar-refractivity contribution in [3.63, 3.8) is 0 Å². The topological polar surface area (TPSA) is 107 Å². The lowest BCUT2D eigenvalue weighted by Gasteiger charge is -2.07. The number of carbonyl (C=O) groups is 1. The molecule has 23 heavy (non-hydrogen) atoms. The van der Waals surface area contributed by atoms with Crippen LogP contribution in [0.1, 0.15) is 33.7 Å². The number of benzene rings is 1. The number of amides is 1. The molecule has 1 aliphatic rings. The summed E-state index contributed by atoms with van der Waals surface area (Å²) in [6.07, 6.45) is 4.80. The third-order valence-electron chi connectivity index (χ3n) is 3.71. The molecular weight excluding hydrogens is 407 g/mol. The first-order chi connectivity index (χ1) is 10.6. The number of rotatable bonds is 4. The summed E-state index contributed by atoms with van der Waals surface area (Å²) in [7, 11) is 0. The van der Waals surface area contributed by atoms with Crippen molar-refractivity contribution < 1.29 is 9.21 Å². The lowest BCUT2D eigenvalue weighted by molar-refractivity contribution is 0.0999. The Morgan fingerprint density at radius 1 is 1.22 bits per heavy atom. The van der Waals surface area contributed by atoms with E-state index in [2.05, 4.69) is 22.4 Å². The van der Waals surface area contributed by atoms with Crippen LogP contribution in [0.25, 0.3) is 0 Å². The maximum absolute atomic E-state index is 11.0. The van der Waals surface area contributed by atoms with Crippen molar-refractivity contribution in [3.8, 4) is 0 Å². The monoisotopic (exact) mass is 426 g/mol. The van der Waals surface area contributed by atoms with Crippen LogP contribution in [0.15, 0.2) is 39.9 Å². The SMILES string of the molecule is I.NC(=O)c1coc(CN=C(N)Nc2ccc3c(c2)CCC3)c1. The van der Waals surface area contributed by atoms with Crippen LogP contribution in [0.3, 0.4) is 0 Å². The van der Waals surface area contributed by atoms with Crippen LogP contribution in [0.4, 0.5) is 5.69 Å². The van der Waals surface area contributed by atoms with Gasteiger partial charge in [-0.05, 0) is 48.6 Å². The molecule has 0 saturated carbocycles. The van der Waals surface area contributed by atoms with E-state index in [1.54, 1.807) is 6.07 Å². The number of hydrogen-bond donors (Lipinski definition) is 3. The number of nitrogens with two attached hydrogens (primary N) is 2. The molecule has 1 heterocycles. The zero-order valence-electron chi connectivity index (χ0n) is 12.5. The number of fused-ring (bicyclic) bond motifs is 1.